The highest BCUT2D eigenvalue weighted by molar-refractivity contribution is 6.00. The third kappa shape index (κ3) is 2.36. The third-order valence-electron chi connectivity index (χ3n) is 2.81. The fraction of sp³-hybridized carbons (Fsp3) is 0.385. The lowest BCUT2D eigenvalue weighted by molar-refractivity contribution is 0.0724. The third-order valence-corrected chi connectivity index (χ3v) is 2.81. The molecule has 0 bridgehead atoms. The van der Waals surface area contributed by atoms with Crippen molar-refractivity contribution in [2.45, 2.75) is 13.3 Å². The van der Waals surface area contributed by atoms with E-state index in [9.17, 15) is 4.79 Å². The molecule has 0 saturated heterocycles. The van der Waals surface area contributed by atoms with Gasteiger partial charge in [0.1, 0.15) is 0 Å². The van der Waals surface area contributed by atoms with Gasteiger partial charge in [0.2, 0.25) is 0 Å². The summed E-state index contributed by atoms with van der Waals surface area (Å²) in [7, 11) is 0. The summed E-state index contributed by atoms with van der Waals surface area (Å²) < 4.78 is 1.68. The number of carbonyl (C=O) groups is 1. The van der Waals surface area contributed by atoms with Gasteiger partial charge in [-0.15, -0.1) is 0 Å². The lowest BCUT2D eigenvalue weighted by Gasteiger charge is -2.20. The van der Waals surface area contributed by atoms with Crippen LogP contribution >= 0.6 is 0 Å². The van der Waals surface area contributed by atoms with Gasteiger partial charge in [0, 0.05) is 19.3 Å². The summed E-state index contributed by atoms with van der Waals surface area (Å²) in [6.45, 7) is 2.99. The second-order valence-corrected chi connectivity index (χ2v) is 4.10. The maximum atomic E-state index is 12.4. The number of rotatable bonds is 5. The maximum absolute atomic E-state index is 12.4. The summed E-state index contributed by atoms with van der Waals surface area (Å²) in [6.07, 6.45) is 4.25. The molecule has 2 aromatic heterocycles. The Labute approximate surface area is 106 Å². The standard InChI is InChI=1S/C13H17N3O2/c1-2-6-15(8-9-17)13(18)11-10-14-16-7-4-3-5-12(11)16/h3-5,7,10,17H,2,6,8-9H2,1H3. The molecule has 0 radical (unpaired) electrons. The van der Waals surface area contributed by atoms with Crippen LogP contribution in [0, 0.1) is 0 Å². The number of aromatic nitrogens is 2. The monoisotopic (exact) mass is 247 g/mol. The topological polar surface area (TPSA) is 57.8 Å². The molecule has 0 saturated carbocycles. The largest absolute Gasteiger partial charge is 0.395 e. The van der Waals surface area contributed by atoms with E-state index in [-0.39, 0.29) is 12.5 Å². The molecule has 0 atom stereocenters. The smallest absolute Gasteiger partial charge is 0.257 e. The Balaban J connectivity index is 2.31. The van der Waals surface area contributed by atoms with Crippen molar-refractivity contribution in [2.75, 3.05) is 19.7 Å². The Morgan fingerprint density at radius 1 is 1.44 bits per heavy atom. The number of fused-ring (bicyclic) bond motifs is 1. The quantitative estimate of drug-likeness (QED) is 0.863. The molecule has 0 spiro atoms. The zero-order chi connectivity index (χ0) is 13.0. The summed E-state index contributed by atoms with van der Waals surface area (Å²) in [5, 5.41) is 13.2. The van der Waals surface area contributed by atoms with Gasteiger partial charge in [-0.1, -0.05) is 13.0 Å². The number of hydrogen-bond donors (Lipinski definition) is 1. The molecule has 1 amide bonds. The number of pyridine rings is 1. The van der Waals surface area contributed by atoms with Gasteiger partial charge >= 0.3 is 0 Å². The molecule has 0 aliphatic heterocycles. The van der Waals surface area contributed by atoms with Crippen LogP contribution in [0.2, 0.25) is 0 Å². The average molecular weight is 247 g/mol. The fourth-order valence-corrected chi connectivity index (χ4v) is 1.98. The Kier molecular flexibility index (Phi) is 3.94. The van der Waals surface area contributed by atoms with Crippen molar-refractivity contribution in [3.8, 4) is 0 Å². The molecule has 0 aliphatic carbocycles. The summed E-state index contributed by atoms with van der Waals surface area (Å²) >= 11 is 0. The van der Waals surface area contributed by atoms with Crippen molar-refractivity contribution in [2.24, 2.45) is 0 Å². The van der Waals surface area contributed by atoms with Crippen LogP contribution in [0.25, 0.3) is 5.52 Å². The number of aliphatic hydroxyl groups excluding tert-OH is 1. The van der Waals surface area contributed by atoms with Gasteiger partial charge in [-0.25, -0.2) is 4.52 Å². The zero-order valence-electron chi connectivity index (χ0n) is 10.4. The molecule has 2 aromatic rings. The van der Waals surface area contributed by atoms with Crippen molar-refractivity contribution in [3.05, 3.63) is 36.2 Å². The highest BCUT2D eigenvalue weighted by Crippen LogP contribution is 2.13. The number of aliphatic hydroxyl groups is 1. The predicted octanol–water partition coefficient (Wildman–Crippen LogP) is 1.18. The second-order valence-electron chi connectivity index (χ2n) is 4.10. The molecular formula is C13H17N3O2. The van der Waals surface area contributed by atoms with Crippen LogP contribution in [0.15, 0.2) is 30.6 Å². The normalized spacial score (nSPS) is 10.8. The van der Waals surface area contributed by atoms with E-state index in [1.165, 1.54) is 0 Å². The van der Waals surface area contributed by atoms with Crippen LogP contribution in [0.3, 0.4) is 0 Å². The van der Waals surface area contributed by atoms with E-state index < -0.39 is 0 Å². The number of nitrogens with zero attached hydrogens (tertiary/aromatic N) is 3. The van der Waals surface area contributed by atoms with Gasteiger partial charge < -0.3 is 10.0 Å². The summed E-state index contributed by atoms with van der Waals surface area (Å²) in [5.41, 5.74) is 1.37. The lowest BCUT2D eigenvalue weighted by Crippen LogP contribution is -2.34. The maximum Gasteiger partial charge on any atom is 0.257 e. The second kappa shape index (κ2) is 5.64. The Morgan fingerprint density at radius 3 is 3.00 bits per heavy atom. The van der Waals surface area contributed by atoms with Gasteiger partial charge in [0.25, 0.3) is 5.91 Å². The van der Waals surface area contributed by atoms with Crippen LogP contribution in [-0.2, 0) is 0 Å². The minimum absolute atomic E-state index is 0.0229. The summed E-state index contributed by atoms with van der Waals surface area (Å²) in [5.74, 6) is -0.0768. The lowest BCUT2D eigenvalue weighted by atomic mass is 10.2. The van der Waals surface area contributed by atoms with Crippen LogP contribution in [0.4, 0.5) is 0 Å². The van der Waals surface area contributed by atoms with Crippen LogP contribution in [-0.4, -0.2) is 45.2 Å². The molecule has 5 heteroatoms. The number of hydrogen-bond acceptors (Lipinski definition) is 3. The molecule has 0 aromatic carbocycles. The van der Waals surface area contributed by atoms with E-state index in [1.807, 2.05) is 31.3 Å². The average Bonchev–Trinajstić information content (AvgIpc) is 2.81. The van der Waals surface area contributed by atoms with Crippen molar-refractivity contribution < 1.29 is 9.90 Å². The van der Waals surface area contributed by atoms with Gasteiger partial charge in [-0.05, 0) is 18.6 Å². The Morgan fingerprint density at radius 2 is 2.28 bits per heavy atom. The van der Waals surface area contributed by atoms with Gasteiger partial charge in [0.15, 0.2) is 0 Å². The molecule has 0 unspecified atom stereocenters. The fourth-order valence-electron chi connectivity index (χ4n) is 1.98. The van der Waals surface area contributed by atoms with Crippen molar-refractivity contribution in [3.63, 3.8) is 0 Å². The van der Waals surface area contributed by atoms with Gasteiger partial charge in [0.05, 0.1) is 23.9 Å². The molecule has 96 valence electrons. The molecule has 2 rings (SSSR count). The first-order chi connectivity index (χ1) is 8.77. The van der Waals surface area contributed by atoms with E-state index >= 15 is 0 Å². The van der Waals surface area contributed by atoms with E-state index in [0.717, 1.165) is 11.9 Å². The first-order valence-electron chi connectivity index (χ1n) is 6.10. The molecule has 0 fully saturated rings. The molecule has 18 heavy (non-hydrogen) atoms. The van der Waals surface area contributed by atoms with Crippen LogP contribution < -0.4 is 0 Å². The highest BCUT2D eigenvalue weighted by Gasteiger charge is 2.18. The first-order valence-corrected chi connectivity index (χ1v) is 6.10. The summed E-state index contributed by atoms with van der Waals surface area (Å²) in [4.78, 5) is 14.0. The van der Waals surface area contributed by atoms with Crippen LogP contribution in [0.1, 0.15) is 23.7 Å². The molecule has 0 aliphatic rings. The SMILES string of the molecule is CCCN(CCO)C(=O)c1cnn2ccccc12. The molecule has 5 nitrogen and oxygen atoms in total. The number of amides is 1. The Hall–Kier alpha value is -1.88. The minimum atomic E-state index is -0.0768. The van der Waals surface area contributed by atoms with E-state index in [4.69, 9.17) is 5.11 Å². The van der Waals surface area contributed by atoms with Crippen molar-refractivity contribution in [1.29, 1.82) is 0 Å². The zero-order valence-corrected chi connectivity index (χ0v) is 10.4. The van der Waals surface area contributed by atoms with Crippen LogP contribution in [0.5, 0.6) is 0 Å². The Bertz CT molecular complexity index is 530. The van der Waals surface area contributed by atoms with E-state index in [1.54, 1.807) is 15.6 Å². The predicted molar refractivity (Wildman–Crippen MR) is 68.5 cm³/mol. The van der Waals surface area contributed by atoms with Crippen molar-refractivity contribution in [1.82, 2.24) is 14.5 Å². The van der Waals surface area contributed by atoms with E-state index in [0.29, 0.717) is 18.7 Å². The minimum Gasteiger partial charge on any atom is -0.395 e. The molecule has 2 heterocycles. The van der Waals surface area contributed by atoms with Gasteiger partial charge in [-0.2, -0.15) is 5.10 Å². The molecule has 1 N–H and O–H groups in total. The van der Waals surface area contributed by atoms with Crippen molar-refractivity contribution >= 4 is 11.4 Å². The van der Waals surface area contributed by atoms with Gasteiger partial charge in [-0.3, -0.25) is 4.79 Å². The number of carbonyl (C=O) groups excluding carboxylic acids is 1. The molecular weight excluding hydrogens is 230 g/mol. The summed E-state index contributed by atoms with van der Waals surface area (Å²) in [6, 6.07) is 5.61. The van der Waals surface area contributed by atoms with E-state index in [2.05, 4.69) is 5.10 Å². The first kappa shape index (κ1) is 12.6. The highest BCUT2D eigenvalue weighted by atomic mass is 16.3.